The minimum absolute atomic E-state index is 0.222. The molecule has 0 aromatic carbocycles. The van der Waals surface area contributed by atoms with Crippen molar-refractivity contribution in [1.82, 2.24) is 10.6 Å². The van der Waals surface area contributed by atoms with Gasteiger partial charge in [0.05, 0.1) is 5.56 Å². The van der Waals surface area contributed by atoms with E-state index in [1.54, 1.807) is 6.92 Å². The average molecular weight is 251 g/mol. The maximum atomic E-state index is 11.7. The summed E-state index contributed by atoms with van der Waals surface area (Å²) in [6, 6.07) is 2.20. The number of nitrogens with zero attached hydrogens (tertiary/aromatic N) is 1. The largest absolute Gasteiger partial charge is 0.619 e. The van der Waals surface area contributed by atoms with Crippen LogP contribution in [0.2, 0.25) is 0 Å². The quantitative estimate of drug-likeness (QED) is 0.569. The van der Waals surface area contributed by atoms with Gasteiger partial charge in [0.2, 0.25) is 5.91 Å². The maximum absolute atomic E-state index is 11.7. The molecule has 1 unspecified atom stereocenters. The molecule has 0 aliphatic heterocycles. The molecule has 1 aromatic rings. The van der Waals surface area contributed by atoms with Crippen LogP contribution in [0, 0.1) is 5.21 Å². The molecule has 18 heavy (non-hydrogen) atoms. The molecule has 0 saturated heterocycles. The number of hydrogen-bond donors (Lipinski definition) is 2. The van der Waals surface area contributed by atoms with Crippen LogP contribution in [0.15, 0.2) is 24.5 Å². The predicted molar refractivity (Wildman–Crippen MR) is 65.6 cm³/mol. The molecular weight excluding hydrogens is 234 g/mol. The van der Waals surface area contributed by atoms with Crippen molar-refractivity contribution in [3.63, 3.8) is 0 Å². The highest BCUT2D eigenvalue weighted by atomic mass is 16.5. The van der Waals surface area contributed by atoms with E-state index in [1.165, 1.54) is 24.5 Å². The van der Waals surface area contributed by atoms with Crippen LogP contribution in [-0.2, 0) is 4.79 Å². The van der Waals surface area contributed by atoms with Gasteiger partial charge in [0.25, 0.3) is 5.91 Å². The Bertz CT molecular complexity index is 417. The smallest absolute Gasteiger partial charge is 0.252 e. The zero-order chi connectivity index (χ0) is 13.5. The number of carbonyl (C=O) groups excluding carboxylic acids is 2. The van der Waals surface area contributed by atoms with Crippen LogP contribution in [0.5, 0.6) is 0 Å². The van der Waals surface area contributed by atoms with Gasteiger partial charge >= 0.3 is 0 Å². The van der Waals surface area contributed by atoms with Gasteiger partial charge in [0, 0.05) is 18.7 Å². The summed E-state index contributed by atoms with van der Waals surface area (Å²) in [5, 5.41) is 16.1. The Balaban J connectivity index is 2.53. The Morgan fingerprint density at radius 3 is 2.56 bits per heavy atom. The van der Waals surface area contributed by atoms with E-state index in [4.69, 9.17) is 0 Å². The van der Waals surface area contributed by atoms with Crippen LogP contribution >= 0.6 is 0 Å². The van der Waals surface area contributed by atoms with Crippen molar-refractivity contribution < 1.29 is 14.3 Å². The van der Waals surface area contributed by atoms with Gasteiger partial charge in [0.15, 0.2) is 12.4 Å². The Morgan fingerprint density at radius 1 is 1.39 bits per heavy atom. The second-order valence-electron chi connectivity index (χ2n) is 3.93. The number of rotatable bonds is 5. The summed E-state index contributed by atoms with van der Waals surface area (Å²) in [5.74, 6) is -0.602. The molecule has 1 atom stereocenters. The lowest BCUT2D eigenvalue weighted by Gasteiger charge is -2.13. The molecule has 6 nitrogen and oxygen atoms in total. The van der Waals surface area contributed by atoms with Crippen molar-refractivity contribution in [2.75, 3.05) is 6.54 Å². The minimum atomic E-state index is -0.608. The van der Waals surface area contributed by atoms with Gasteiger partial charge in [-0.05, 0) is 13.3 Å². The second-order valence-corrected chi connectivity index (χ2v) is 3.93. The van der Waals surface area contributed by atoms with E-state index in [2.05, 4.69) is 10.6 Å². The van der Waals surface area contributed by atoms with Gasteiger partial charge in [-0.2, -0.15) is 4.73 Å². The van der Waals surface area contributed by atoms with E-state index in [-0.39, 0.29) is 11.8 Å². The molecule has 0 aliphatic rings. The minimum Gasteiger partial charge on any atom is -0.619 e. The molecule has 1 heterocycles. The van der Waals surface area contributed by atoms with E-state index in [0.717, 1.165) is 6.42 Å². The third-order valence-corrected chi connectivity index (χ3v) is 2.35. The van der Waals surface area contributed by atoms with E-state index < -0.39 is 6.04 Å². The lowest BCUT2D eigenvalue weighted by atomic mass is 10.2. The standard InChI is InChI=1S/C12H17N3O3/c1-3-6-13-11(16)9(2)14-12(17)10-4-7-15(18)8-5-10/h4-5,7-9H,3,6H2,1-2H3,(H,13,16)(H,14,17). The molecule has 98 valence electrons. The highest BCUT2D eigenvalue weighted by Crippen LogP contribution is 1.96. The fraction of sp³-hybridized carbons (Fsp3) is 0.417. The van der Waals surface area contributed by atoms with Crippen LogP contribution in [0.3, 0.4) is 0 Å². The van der Waals surface area contributed by atoms with Gasteiger partial charge in [-0.1, -0.05) is 6.92 Å². The van der Waals surface area contributed by atoms with Crippen molar-refractivity contribution in [2.45, 2.75) is 26.3 Å². The Morgan fingerprint density at radius 2 is 2.00 bits per heavy atom. The fourth-order valence-electron chi connectivity index (χ4n) is 1.31. The second kappa shape index (κ2) is 6.58. The summed E-state index contributed by atoms with van der Waals surface area (Å²) in [6.45, 7) is 4.14. The van der Waals surface area contributed by atoms with Gasteiger partial charge in [-0.25, -0.2) is 0 Å². The molecule has 0 radical (unpaired) electrons. The van der Waals surface area contributed by atoms with Gasteiger partial charge in [-0.15, -0.1) is 0 Å². The number of carbonyl (C=O) groups is 2. The van der Waals surface area contributed by atoms with E-state index in [1.807, 2.05) is 6.92 Å². The molecule has 6 heteroatoms. The number of pyridine rings is 1. The van der Waals surface area contributed by atoms with Crippen molar-refractivity contribution in [1.29, 1.82) is 0 Å². The summed E-state index contributed by atoms with van der Waals surface area (Å²) in [5.41, 5.74) is 0.345. The number of aromatic nitrogens is 1. The van der Waals surface area contributed by atoms with E-state index >= 15 is 0 Å². The van der Waals surface area contributed by atoms with Crippen molar-refractivity contribution in [3.05, 3.63) is 35.3 Å². The molecule has 0 saturated carbocycles. The first kappa shape index (κ1) is 14.0. The van der Waals surface area contributed by atoms with Crippen molar-refractivity contribution in [3.8, 4) is 0 Å². The fourth-order valence-corrected chi connectivity index (χ4v) is 1.31. The maximum Gasteiger partial charge on any atom is 0.252 e. The first-order valence-electron chi connectivity index (χ1n) is 5.82. The monoisotopic (exact) mass is 251 g/mol. The van der Waals surface area contributed by atoms with Crippen LogP contribution < -0.4 is 15.4 Å². The first-order chi connectivity index (χ1) is 8.54. The summed E-state index contributed by atoms with van der Waals surface area (Å²) in [7, 11) is 0. The molecule has 1 rings (SSSR count). The summed E-state index contributed by atoms with van der Waals surface area (Å²) in [6.07, 6.45) is 3.31. The molecule has 0 fully saturated rings. The summed E-state index contributed by atoms with van der Waals surface area (Å²) < 4.78 is 0.591. The normalized spacial score (nSPS) is 11.7. The van der Waals surface area contributed by atoms with E-state index in [9.17, 15) is 14.8 Å². The zero-order valence-corrected chi connectivity index (χ0v) is 10.5. The van der Waals surface area contributed by atoms with Crippen LogP contribution in [0.1, 0.15) is 30.6 Å². The molecule has 0 aliphatic carbocycles. The molecule has 1 aromatic heterocycles. The van der Waals surface area contributed by atoms with Crippen LogP contribution in [-0.4, -0.2) is 24.4 Å². The molecule has 0 bridgehead atoms. The molecular formula is C12H17N3O3. The van der Waals surface area contributed by atoms with Crippen molar-refractivity contribution >= 4 is 11.8 Å². The van der Waals surface area contributed by atoms with Gasteiger partial charge < -0.3 is 15.8 Å². The highest BCUT2D eigenvalue weighted by Gasteiger charge is 2.16. The highest BCUT2D eigenvalue weighted by molar-refractivity contribution is 5.97. The predicted octanol–water partition coefficient (Wildman–Crippen LogP) is -0.0355. The van der Waals surface area contributed by atoms with Crippen LogP contribution in [0.25, 0.3) is 0 Å². The number of amides is 2. The Hall–Kier alpha value is -2.11. The molecule has 2 amide bonds. The topological polar surface area (TPSA) is 85.1 Å². The van der Waals surface area contributed by atoms with Gasteiger partial charge in [-0.3, -0.25) is 9.59 Å². The third kappa shape index (κ3) is 4.04. The summed E-state index contributed by atoms with van der Waals surface area (Å²) >= 11 is 0. The van der Waals surface area contributed by atoms with Gasteiger partial charge in [0.1, 0.15) is 6.04 Å². The third-order valence-electron chi connectivity index (χ3n) is 2.35. The lowest BCUT2D eigenvalue weighted by molar-refractivity contribution is -0.605. The molecule has 2 N–H and O–H groups in total. The van der Waals surface area contributed by atoms with E-state index in [0.29, 0.717) is 16.8 Å². The Labute approximate surface area is 106 Å². The lowest BCUT2D eigenvalue weighted by Crippen LogP contribution is -2.45. The zero-order valence-electron chi connectivity index (χ0n) is 10.5. The van der Waals surface area contributed by atoms with Crippen molar-refractivity contribution in [2.24, 2.45) is 0 Å². The summed E-state index contributed by atoms with van der Waals surface area (Å²) in [4.78, 5) is 23.3. The van der Waals surface area contributed by atoms with Crippen LogP contribution in [0.4, 0.5) is 0 Å². The first-order valence-corrected chi connectivity index (χ1v) is 5.82. The number of hydrogen-bond acceptors (Lipinski definition) is 3. The SMILES string of the molecule is CCCNC(=O)C(C)NC(=O)c1cc[n+]([O-])cc1. The Kier molecular flexibility index (Phi) is 5.10. The number of nitrogens with one attached hydrogen (secondary N) is 2. The molecule has 0 spiro atoms. The average Bonchev–Trinajstić information content (AvgIpc) is 2.36.